The highest BCUT2D eigenvalue weighted by Crippen LogP contribution is 2.30. The summed E-state index contributed by atoms with van der Waals surface area (Å²) >= 11 is 6.19. The van der Waals surface area contributed by atoms with Crippen LogP contribution in [0.1, 0.15) is 25.3 Å². The van der Waals surface area contributed by atoms with E-state index in [-0.39, 0.29) is 11.7 Å². The molecule has 100 valence electrons. The molecule has 0 atom stereocenters. The molecule has 1 aromatic carbocycles. The average Bonchev–Trinajstić information content (AvgIpc) is 2.16. The Labute approximate surface area is 113 Å². The van der Waals surface area contributed by atoms with E-state index in [0.29, 0.717) is 15.8 Å². The van der Waals surface area contributed by atoms with Crippen molar-refractivity contribution in [3.05, 3.63) is 28.8 Å². The van der Waals surface area contributed by atoms with Gasteiger partial charge in [-0.25, -0.2) is 8.42 Å². The van der Waals surface area contributed by atoms with Crippen molar-refractivity contribution in [3.8, 4) is 0 Å². The molecule has 2 rings (SSSR count). The third kappa shape index (κ3) is 2.87. The molecule has 0 aromatic heterocycles. The first kappa shape index (κ1) is 13.8. The van der Waals surface area contributed by atoms with Gasteiger partial charge < -0.3 is 5.32 Å². The minimum absolute atomic E-state index is 0.115. The molecule has 1 heterocycles. The zero-order valence-corrected chi connectivity index (χ0v) is 12.2. The highest BCUT2D eigenvalue weighted by atomic mass is 35.5. The van der Waals surface area contributed by atoms with E-state index in [4.69, 9.17) is 11.6 Å². The van der Waals surface area contributed by atoms with Gasteiger partial charge in [-0.1, -0.05) is 31.5 Å². The molecule has 0 saturated carbocycles. The monoisotopic (exact) mass is 287 g/mol. The van der Waals surface area contributed by atoms with Crippen LogP contribution < -0.4 is 5.32 Å². The minimum atomic E-state index is -3.21. The van der Waals surface area contributed by atoms with Gasteiger partial charge in [-0.15, -0.1) is 0 Å². The number of nitrogens with one attached hydrogen (secondary N) is 1. The van der Waals surface area contributed by atoms with Gasteiger partial charge in [0.1, 0.15) is 0 Å². The number of rotatable bonds is 4. The molecule has 0 radical (unpaired) electrons. The summed E-state index contributed by atoms with van der Waals surface area (Å²) in [7, 11) is -3.21. The summed E-state index contributed by atoms with van der Waals surface area (Å²) in [5, 5.41) is 3.74. The van der Waals surface area contributed by atoms with Crippen LogP contribution in [0.5, 0.6) is 0 Å². The lowest BCUT2D eigenvalue weighted by Gasteiger charge is -2.28. The second-order valence-electron chi connectivity index (χ2n) is 5.21. The fourth-order valence-corrected chi connectivity index (χ4v) is 4.12. The van der Waals surface area contributed by atoms with Crippen LogP contribution in [0.15, 0.2) is 23.1 Å². The van der Waals surface area contributed by atoms with Crippen LogP contribution in [-0.4, -0.2) is 27.3 Å². The predicted molar refractivity (Wildman–Crippen MR) is 74.0 cm³/mol. The topological polar surface area (TPSA) is 46.2 Å². The quantitative estimate of drug-likeness (QED) is 0.925. The van der Waals surface area contributed by atoms with Gasteiger partial charge in [0.25, 0.3) is 0 Å². The molecule has 5 heteroatoms. The number of halogens is 1. The molecule has 0 amide bonds. The van der Waals surface area contributed by atoms with Gasteiger partial charge in [0.15, 0.2) is 9.84 Å². The average molecular weight is 288 g/mol. The summed E-state index contributed by atoms with van der Waals surface area (Å²) in [4.78, 5) is 0.331. The molecular formula is C13H18ClNO2S. The maximum atomic E-state index is 12.1. The van der Waals surface area contributed by atoms with Gasteiger partial charge in [0.05, 0.1) is 10.6 Å². The summed E-state index contributed by atoms with van der Waals surface area (Å²) < 4.78 is 24.2. The molecule has 1 aromatic rings. The SMILES string of the molecule is CC(C)CS(=O)(=O)c1ccc(C2CNC2)c(Cl)c1. The van der Waals surface area contributed by atoms with Crippen LogP contribution in [0.25, 0.3) is 0 Å². The standard InChI is InChI=1S/C13H18ClNO2S/c1-9(2)8-18(16,17)11-3-4-12(13(14)5-11)10-6-15-7-10/h3-5,9-10,15H,6-8H2,1-2H3. The van der Waals surface area contributed by atoms with E-state index in [1.165, 1.54) is 0 Å². The Morgan fingerprint density at radius 1 is 1.39 bits per heavy atom. The maximum absolute atomic E-state index is 12.1. The fourth-order valence-electron chi connectivity index (χ4n) is 2.08. The van der Waals surface area contributed by atoms with E-state index in [0.717, 1.165) is 18.7 Å². The van der Waals surface area contributed by atoms with Crippen LogP contribution in [0, 0.1) is 5.92 Å². The van der Waals surface area contributed by atoms with E-state index < -0.39 is 9.84 Å². The molecule has 0 aliphatic carbocycles. The van der Waals surface area contributed by atoms with Gasteiger partial charge >= 0.3 is 0 Å². The molecule has 1 aliphatic rings. The van der Waals surface area contributed by atoms with Crippen LogP contribution in [0.2, 0.25) is 5.02 Å². The number of hydrogen-bond acceptors (Lipinski definition) is 3. The Hall–Kier alpha value is -0.580. The van der Waals surface area contributed by atoms with Gasteiger partial charge in [-0.3, -0.25) is 0 Å². The third-order valence-corrected chi connectivity index (χ3v) is 5.51. The molecule has 0 bridgehead atoms. The summed E-state index contributed by atoms with van der Waals surface area (Å²) in [5.41, 5.74) is 1.04. The minimum Gasteiger partial charge on any atom is -0.315 e. The van der Waals surface area contributed by atoms with E-state index in [1.807, 2.05) is 19.9 Å². The normalized spacial score (nSPS) is 16.9. The van der Waals surface area contributed by atoms with Crippen LogP contribution in [-0.2, 0) is 9.84 Å². The molecule has 1 saturated heterocycles. The van der Waals surface area contributed by atoms with Crippen molar-refractivity contribution in [1.29, 1.82) is 0 Å². The van der Waals surface area contributed by atoms with Crippen LogP contribution >= 0.6 is 11.6 Å². The summed E-state index contributed by atoms with van der Waals surface area (Å²) in [6.45, 7) is 5.62. The number of sulfone groups is 1. The highest BCUT2D eigenvalue weighted by molar-refractivity contribution is 7.91. The zero-order chi connectivity index (χ0) is 13.3. The first-order chi connectivity index (χ1) is 8.40. The Morgan fingerprint density at radius 3 is 2.50 bits per heavy atom. The van der Waals surface area contributed by atoms with Crippen LogP contribution in [0.4, 0.5) is 0 Å². The second kappa shape index (κ2) is 5.19. The summed E-state index contributed by atoms with van der Waals surface area (Å²) in [6, 6.07) is 5.12. The number of benzene rings is 1. The lowest BCUT2D eigenvalue weighted by molar-refractivity contribution is 0.448. The molecule has 0 spiro atoms. The Morgan fingerprint density at radius 2 is 2.06 bits per heavy atom. The number of hydrogen-bond donors (Lipinski definition) is 1. The summed E-state index contributed by atoms with van der Waals surface area (Å²) in [5.74, 6) is 0.692. The molecule has 1 N–H and O–H groups in total. The van der Waals surface area contributed by atoms with Crippen LogP contribution in [0.3, 0.4) is 0 Å². The van der Waals surface area contributed by atoms with E-state index in [2.05, 4.69) is 5.32 Å². The first-order valence-electron chi connectivity index (χ1n) is 6.13. The van der Waals surface area contributed by atoms with Gasteiger partial charge in [-0.05, 0) is 23.6 Å². The van der Waals surface area contributed by atoms with E-state index in [1.54, 1.807) is 12.1 Å². The lowest BCUT2D eigenvalue weighted by atomic mass is 9.94. The fraction of sp³-hybridized carbons (Fsp3) is 0.538. The Balaban J connectivity index is 2.28. The Kier molecular flexibility index (Phi) is 3.99. The smallest absolute Gasteiger partial charge is 0.178 e. The largest absolute Gasteiger partial charge is 0.315 e. The van der Waals surface area contributed by atoms with Gasteiger partial charge in [0.2, 0.25) is 0 Å². The predicted octanol–water partition coefficient (Wildman–Crippen LogP) is 2.46. The zero-order valence-electron chi connectivity index (χ0n) is 10.6. The van der Waals surface area contributed by atoms with E-state index >= 15 is 0 Å². The van der Waals surface area contributed by atoms with Crippen molar-refractivity contribution in [3.63, 3.8) is 0 Å². The highest BCUT2D eigenvalue weighted by Gasteiger charge is 2.23. The van der Waals surface area contributed by atoms with Gasteiger partial charge in [0, 0.05) is 24.0 Å². The van der Waals surface area contributed by atoms with Crippen molar-refractivity contribution in [1.82, 2.24) is 5.32 Å². The molecule has 1 aliphatic heterocycles. The molecule has 3 nitrogen and oxygen atoms in total. The van der Waals surface area contributed by atoms with Crippen molar-refractivity contribution < 1.29 is 8.42 Å². The summed E-state index contributed by atoms with van der Waals surface area (Å²) in [6.07, 6.45) is 0. The molecule has 0 unspecified atom stereocenters. The van der Waals surface area contributed by atoms with Crippen molar-refractivity contribution in [2.45, 2.75) is 24.7 Å². The molecule has 1 fully saturated rings. The molecular weight excluding hydrogens is 270 g/mol. The second-order valence-corrected chi connectivity index (χ2v) is 7.66. The van der Waals surface area contributed by atoms with Crippen molar-refractivity contribution in [2.24, 2.45) is 5.92 Å². The third-order valence-electron chi connectivity index (χ3n) is 3.11. The van der Waals surface area contributed by atoms with Crippen molar-refractivity contribution >= 4 is 21.4 Å². The Bertz CT molecular complexity index is 536. The molecule has 18 heavy (non-hydrogen) atoms. The lowest BCUT2D eigenvalue weighted by Crippen LogP contribution is -2.40. The van der Waals surface area contributed by atoms with Gasteiger partial charge in [-0.2, -0.15) is 0 Å². The van der Waals surface area contributed by atoms with E-state index in [9.17, 15) is 8.42 Å². The van der Waals surface area contributed by atoms with Crippen molar-refractivity contribution in [2.75, 3.05) is 18.8 Å². The first-order valence-corrected chi connectivity index (χ1v) is 8.16. The maximum Gasteiger partial charge on any atom is 0.178 e.